The number of nitrogens with zero attached hydrogens (tertiary/aromatic N) is 1. The van der Waals surface area contributed by atoms with Gasteiger partial charge in [0.15, 0.2) is 0 Å². The molecule has 3 aromatic carbocycles. The lowest BCUT2D eigenvalue weighted by Gasteiger charge is -2.65. The molecule has 1 heterocycles. The maximum Gasteiger partial charge on any atom is 0.242 e. The van der Waals surface area contributed by atoms with Gasteiger partial charge in [-0.2, -0.15) is 0 Å². The molecule has 0 aromatic heterocycles. The van der Waals surface area contributed by atoms with Gasteiger partial charge in [0, 0.05) is 11.8 Å². The number of likely N-dealkylation sites (tertiary alicyclic amines) is 1. The summed E-state index contributed by atoms with van der Waals surface area (Å²) in [4.78, 5) is 30.6. The monoisotopic (exact) mass is 429 g/mol. The number of carbonyl (C=O) groups excluding carboxylic acids is 2. The van der Waals surface area contributed by atoms with E-state index in [0.29, 0.717) is 6.54 Å². The van der Waals surface area contributed by atoms with Crippen LogP contribution in [-0.2, 0) is 27.0 Å². The van der Waals surface area contributed by atoms with E-state index in [9.17, 15) is 9.59 Å². The standard InChI is InChI=1S/C30H23NO2/c1-19-17-26-25-16-15-21-11-5-7-13-23(21)29(25)27(32)31(18-20-9-3-2-4-10-20)28(33)30(26,29)24-14-8-6-12-22(19)24/h2-17,25-26H,18H2,1H3/t25-,26+,29-,30+/m1/s1. The minimum atomic E-state index is -0.902. The number of hydrogen-bond donors (Lipinski definition) is 0. The second-order valence-corrected chi connectivity index (χ2v) is 9.69. The molecule has 160 valence electrons. The van der Waals surface area contributed by atoms with Gasteiger partial charge in [-0.15, -0.1) is 0 Å². The Kier molecular flexibility index (Phi) is 3.53. The summed E-state index contributed by atoms with van der Waals surface area (Å²) in [5, 5.41) is 0. The first-order chi connectivity index (χ1) is 16.1. The summed E-state index contributed by atoms with van der Waals surface area (Å²) < 4.78 is 0. The van der Waals surface area contributed by atoms with Crippen LogP contribution in [0.5, 0.6) is 0 Å². The van der Waals surface area contributed by atoms with Gasteiger partial charge in [0.1, 0.15) is 10.8 Å². The number of allylic oxidation sites excluding steroid dienone is 3. The summed E-state index contributed by atoms with van der Waals surface area (Å²) in [5.41, 5.74) is 4.47. The number of rotatable bonds is 2. The molecule has 3 aromatic rings. The Hall–Kier alpha value is -3.72. The Balaban J connectivity index is 1.54. The Morgan fingerprint density at radius 3 is 2.18 bits per heavy atom. The van der Waals surface area contributed by atoms with Gasteiger partial charge in [0.2, 0.25) is 11.8 Å². The summed E-state index contributed by atoms with van der Waals surface area (Å²) in [6.45, 7) is 2.42. The first kappa shape index (κ1) is 18.8. The van der Waals surface area contributed by atoms with E-state index < -0.39 is 10.8 Å². The molecule has 33 heavy (non-hydrogen) atoms. The maximum absolute atomic E-state index is 14.5. The van der Waals surface area contributed by atoms with Crippen molar-refractivity contribution in [2.75, 3.05) is 0 Å². The van der Waals surface area contributed by atoms with Gasteiger partial charge in [-0.1, -0.05) is 97.1 Å². The fraction of sp³-hybridized carbons (Fsp3) is 0.200. The molecule has 3 aliphatic carbocycles. The predicted molar refractivity (Wildman–Crippen MR) is 128 cm³/mol. The lowest BCUT2D eigenvalue weighted by Crippen LogP contribution is -2.73. The highest BCUT2D eigenvalue weighted by Crippen LogP contribution is 2.74. The van der Waals surface area contributed by atoms with Gasteiger partial charge in [-0.05, 0) is 40.3 Å². The molecule has 2 amide bonds. The molecule has 1 saturated carbocycles. The van der Waals surface area contributed by atoms with Gasteiger partial charge in [0.25, 0.3) is 0 Å². The first-order valence-electron chi connectivity index (χ1n) is 11.6. The van der Waals surface area contributed by atoms with Crippen molar-refractivity contribution in [1.29, 1.82) is 0 Å². The average Bonchev–Trinajstić information content (AvgIpc) is 2.99. The van der Waals surface area contributed by atoms with Crippen molar-refractivity contribution < 1.29 is 9.59 Å². The molecule has 3 nitrogen and oxygen atoms in total. The topological polar surface area (TPSA) is 37.4 Å². The minimum Gasteiger partial charge on any atom is -0.276 e. The lowest BCUT2D eigenvalue weighted by atomic mass is 9.33. The average molecular weight is 430 g/mol. The molecule has 0 unspecified atom stereocenters. The number of imide groups is 1. The zero-order valence-electron chi connectivity index (χ0n) is 18.4. The zero-order chi connectivity index (χ0) is 22.4. The van der Waals surface area contributed by atoms with Crippen LogP contribution in [-0.4, -0.2) is 16.7 Å². The third kappa shape index (κ3) is 1.94. The van der Waals surface area contributed by atoms with Crippen LogP contribution in [0.1, 0.15) is 34.7 Å². The van der Waals surface area contributed by atoms with Crippen LogP contribution in [0.4, 0.5) is 0 Å². The molecule has 3 heteroatoms. The molecule has 4 atom stereocenters. The van der Waals surface area contributed by atoms with Crippen LogP contribution in [0.15, 0.2) is 91.0 Å². The normalized spacial score (nSPS) is 30.5. The van der Waals surface area contributed by atoms with Crippen molar-refractivity contribution >= 4 is 23.5 Å². The van der Waals surface area contributed by atoms with Crippen LogP contribution < -0.4 is 0 Å². The molecular weight excluding hydrogens is 406 g/mol. The predicted octanol–water partition coefficient (Wildman–Crippen LogP) is 5.12. The molecule has 4 aliphatic rings. The largest absolute Gasteiger partial charge is 0.276 e. The molecule has 7 rings (SSSR count). The Morgan fingerprint density at radius 1 is 0.758 bits per heavy atom. The third-order valence-corrected chi connectivity index (χ3v) is 8.43. The van der Waals surface area contributed by atoms with Crippen molar-refractivity contribution in [3.8, 4) is 0 Å². The van der Waals surface area contributed by atoms with Crippen molar-refractivity contribution in [1.82, 2.24) is 4.90 Å². The second-order valence-electron chi connectivity index (χ2n) is 9.69. The number of hydrogen-bond acceptors (Lipinski definition) is 2. The molecule has 1 saturated heterocycles. The summed E-state index contributed by atoms with van der Waals surface area (Å²) in [7, 11) is 0. The lowest BCUT2D eigenvalue weighted by molar-refractivity contribution is -0.141. The highest BCUT2D eigenvalue weighted by Gasteiger charge is 2.85. The zero-order valence-corrected chi connectivity index (χ0v) is 18.4. The van der Waals surface area contributed by atoms with Crippen LogP contribution in [0, 0.1) is 11.8 Å². The van der Waals surface area contributed by atoms with E-state index in [1.165, 1.54) is 5.57 Å². The number of carbonyl (C=O) groups is 2. The first-order valence-corrected chi connectivity index (χ1v) is 11.6. The van der Waals surface area contributed by atoms with Crippen molar-refractivity contribution in [3.63, 3.8) is 0 Å². The number of fused-ring (bicyclic) bond motifs is 3. The summed E-state index contributed by atoms with van der Waals surface area (Å²) in [5.74, 6) is -0.182. The Morgan fingerprint density at radius 2 is 1.39 bits per heavy atom. The minimum absolute atomic E-state index is 0.0331. The van der Waals surface area contributed by atoms with Crippen LogP contribution >= 0.6 is 0 Å². The molecule has 0 N–H and O–H groups in total. The van der Waals surface area contributed by atoms with Crippen molar-refractivity contribution in [2.24, 2.45) is 11.8 Å². The molecular formula is C30H23NO2. The van der Waals surface area contributed by atoms with Crippen LogP contribution in [0.25, 0.3) is 11.6 Å². The van der Waals surface area contributed by atoms with Crippen molar-refractivity contribution in [2.45, 2.75) is 24.3 Å². The van der Waals surface area contributed by atoms with Crippen molar-refractivity contribution in [3.05, 3.63) is 119 Å². The fourth-order valence-electron chi connectivity index (χ4n) is 7.26. The SMILES string of the molecule is CC1=C[C@H]2[C@H]3C=Cc4ccccc4[C@]34C(=O)N(Cc3ccccc3)C(=O)[C@]24c2ccccc21. The maximum atomic E-state index is 14.5. The van der Waals surface area contributed by atoms with E-state index >= 15 is 0 Å². The number of benzene rings is 3. The second kappa shape index (κ2) is 6.20. The molecule has 2 fully saturated rings. The molecule has 2 spiro atoms. The Bertz CT molecular complexity index is 1420. The van der Waals surface area contributed by atoms with Crippen LogP contribution in [0.3, 0.4) is 0 Å². The van der Waals surface area contributed by atoms with E-state index in [0.717, 1.165) is 27.8 Å². The smallest absolute Gasteiger partial charge is 0.242 e. The van der Waals surface area contributed by atoms with E-state index in [2.05, 4.69) is 49.4 Å². The highest BCUT2D eigenvalue weighted by atomic mass is 16.2. The van der Waals surface area contributed by atoms with Gasteiger partial charge in [-0.3, -0.25) is 14.5 Å². The van der Waals surface area contributed by atoms with E-state index in [-0.39, 0.29) is 23.7 Å². The van der Waals surface area contributed by atoms with E-state index in [1.807, 2.05) is 54.6 Å². The summed E-state index contributed by atoms with van der Waals surface area (Å²) >= 11 is 0. The fourth-order valence-corrected chi connectivity index (χ4v) is 7.26. The van der Waals surface area contributed by atoms with E-state index in [4.69, 9.17) is 0 Å². The highest BCUT2D eigenvalue weighted by molar-refractivity contribution is 6.20. The molecule has 0 bridgehead atoms. The van der Waals surface area contributed by atoms with Gasteiger partial charge in [0.05, 0.1) is 6.54 Å². The molecule has 1 aliphatic heterocycles. The summed E-state index contributed by atoms with van der Waals surface area (Å²) in [6.07, 6.45) is 6.57. The Labute approximate surface area is 193 Å². The third-order valence-electron chi connectivity index (χ3n) is 8.43. The summed E-state index contributed by atoms with van der Waals surface area (Å²) in [6, 6.07) is 26.2. The number of amides is 2. The van der Waals surface area contributed by atoms with Crippen LogP contribution in [0.2, 0.25) is 0 Å². The van der Waals surface area contributed by atoms with E-state index in [1.54, 1.807) is 4.90 Å². The molecule has 0 radical (unpaired) electrons. The van der Waals surface area contributed by atoms with Gasteiger partial charge < -0.3 is 0 Å². The quantitative estimate of drug-likeness (QED) is 0.530. The van der Waals surface area contributed by atoms with Gasteiger partial charge in [-0.25, -0.2) is 0 Å². The van der Waals surface area contributed by atoms with Gasteiger partial charge >= 0.3 is 0 Å².